The second-order valence-electron chi connectivity index (χ2n) is 5.79. The van der Waals surface area contributed by atoms with E-state index in [1.54, 1.807) is 21.3 Å². The standard InChI is InChI=1S/C9H20O5Si.C7H15NO4Si/c1-10-15(11-2,12-3)6-4-5-13-7-9-8-14-9;1-5-7(8-6-9)13(10-2,11-3)12-4/h9H,4-8H2,1-3H3;7H,5H2,1-4H3. The molecule has 28 heavy (non-hydrogen) atoms. The molecule has 0 radical (unpaired) electrons. The Kier molecular flexibility index (Phi) is 15.1. The summed E-state index contributed by atoms with van der Waals surface area (Å²) in [4.78, 5) is 13.7. The van der Waals surface area contributed by atoms with Gasteiger partial charge in [0.05, 0.1) is 13.2 Å². The minimum atomic E-state index is -2.80. The van der Waals surface area contributed by atoms with Crippen LogP contribution in [0.5, 0.6) is 0 Å². The van der Waals surface area contributed by atoms with Crippen LogP contribution in [0.4, 0.5) is 0 Å². The molecule has 2 unspecified atom stereocenters. The minimum Gasteiger partial charge on any atom is -0.379 e. The van der Waals surface area contributed by atoms with Crippen molar-refractivity contribution < 1.29 is 40.8 Å². The van der Waals surface area contributed by atoms with Crippen molar-refractivity contribution in [2.24, 2.45) is 4.99 Å². The molecule has 166 valence electrons. The number of nitrogens with zero attached hydrogens (tertiary/aromatic N) is 1. The first-order valence-electron chi connectivity index (χ1n) is 9.04. The lowest BCUT2D eigenvalue weighted by atomic mass is 10.5. The zero-order chi connectivity index (χ0) is 21.5. The largest absolute Gasteiger partial charge is 0.527 e. The van der Waals surface area contributed by atoms with E-state index < -0.39 is 17.6 Å². The van der Waals surface area contributed by atoms with Crippen LogP contribution in [0.15, 0.2) is 4.99 Å². The molecule has 0 spiro atoms. The maximum absolute atomic E-state index is 10.1. The highest BCUT2D eigenvalue weighted by Crippen LogP contribution is 2.17. The van der Waals surface area contributed by atoms with Crippen molar-refractivity contribution in [2.75, 3.05) is 62.5 Å². The number of hydrogen-bond acceptors (Lipinski definition) is 10. The number of aliphatic imine (C=N–C) groups is 1. The van der Waals surface area contributed by atoms with Gasteiger partial charge in [-0.15, -0.1) is 0 Å². The molecule has 0 aromatic heterocycles. The van der Waals surface area contributed by atoms with Gasteiger partial charge >= 0.3 is 17.6 Å². The van der Waals surface area contributed by atoms with Gasteiger partial charge in [0.1, 0.15) is 11.8 Å². The average molecular weight is 442 g/mol. The summed E-state index contributed by atoms with van der Waals surface area (Å²) in [5, 5.41) is 0. The topological polar surface area (TPSA) is 107 Å². The monoisotopic (exact) mass is 441 g/mol. The van der Waals surface area contributed by atoms with Crippen LogP contribution in [0.3, 0.4) is 0 Å². The molecule has 2 atom stereocenters. The number of isocyanates is 1. The van der Waals surface area contributed by atoms with E-state index in [1.807, 2.05) is 6.92 Å². The molecule has 1 fully saturated rings. The van der Waals surface area contributed by atoms with Gasteiger partial charge in [0, 0.05) is 55.3 Å². The second kappa shape index (κ2) is 15.3. The van der Waals surface area contributed by atoms with E-state index in [-0.39, 0.29) is 5.67 Å². The van der Waals surface area contributed by atoms with Gasteiger partial charge in [0.2, 0.25) is 6.08 Å². The summed E-state index contributed by atoms with van der Waals surface area (Å²) >= 11 is 0. The van der Waals surface area contributed by atoms with Gasteiger partial charge in [-0.25, -0.2) is 4.79 Å². The van der Waals surface area contributed by atoms with Crippen molar-refractivity contribution in [1.29, 1.82) is 0 Å². The van der Waals surface area contributed by atoms with E-state index >= 15 is 0 Å². The van der Waals surface area contributed by atoms with Gasteiger partial charge in [0.25, 0.3) is 0 Å². The number of carbonyl (C=O) groups excluding carboxylic acids is 1. The fourth-order valence-electron chi connectivity index (χ4n) is 2.47. The smallest absolute Gasteiger partial charge is 0.379 e. The van der Waals surface area contributed by atoms with E-state index in [9.17, 15) is 4.79 Å². The van der Waals surface area contributed by atoms with E-state index in [0.717, 1.165) is 19.1 Å². The molecule has 0 saturated carbocycles. The van der Waals surface area contributed by atoms with Crippen LogP contribution in [0.1, 0.15) is 19.8 Å². The van der Waals surface area contributed by atoms with Crippen LogP contribution >= 0.6 is 0 Å². The predicted molar refractivity (Wildman–Crippen MR) is 106 cm³/mol. The molecule has 0 aliphatic carbocycles. The second-order valence-corrected chi connectivity index (χ2v) is 12.0. The van der Waals surface area contributed by atoms with Crippen molar-refractivity contribution in [1.82, 2.24) is 0 Å². The van der Waals surface area contributed by atoms with Crippen molar-refractivity contribution in [2.45, 2.75) is 37.6 Å². The molecule has 0 amide bonds. The molecule has 10 nitrogen and oxygen atoms in total. The first kappa shape index (κ1) is 27.5. The van der Waals surface area contributed by atoms with E-state index in [1.165, 1.54) is 27.4 Å². The van der Waals surface area contributed by atoms with Crippen LogP contribution in [0.25, 0.3) is 0 Å². The van der Waals surface area contributed by atoms with Gasteiger partial charge in [0.15, 0.2) is 0 Å². The Hall–Kier alpha value is -0.506. The number of rotatable bonds is 15. The number of ether oxygens (including phenoxy) is 2. The number of epoxide rings is 1. The number of hydrogen-bond donors (Lipinski definition) is 0. The zero-order valence-electron chi connectivity index (χ0n) is 18.0. The Morgan fingerprint density at radius 3 is 1.93 bits per heavy atom. The highest BCUT2D eigenvalue weighted by molar-refractivity contribution is 6.62. The summed E-state index contributed by atoms with van der Waals surface area (Å²) in [6, 6.07) is 0.780. The summed E-state index contributed by atoms with van der Waals surface area (Å²) in [6.07, 6.45) is 3.33. The Morgan fingerprint density at radius 1 is 1.04 bits per heavy atom. The van der Waals surface area contributed by atoms with Crippen molar-refractivity contribution in [3.05, 3.63) is 0 Å². The fraction of sp³-hybridized carbons (Fsp3) is 0.938. The maximum Gasteiger partial charge on any atom is 0.527 e. The maximum atomic E-state index is 10.1. The lowest BCUT2D eigenvalue weighted by molar-refractivity contribution is 0.100. The molecule has 0 bridgehead atoms. The molecule has 1 saturated heterocycles. The third-order valence-electron chi connectivity index (χ3n) is 4.27. The predicted octanol–water partition coefficient (Wildman–Crippen LogP) is 1.19. The molecule has 0 aromatic rings. The van der Waals surface area contributed by atoms with Crippen molar-refractivity contribution >= 4 is 23.7 Å². The van der Waals surface area contributed by atoms with Gasteiger partial charge in [-0.2, -0.15) is 4.99 Å². The zero-order valence-corrected chi connectivity index (χ0v) is 20.0. The van der Waals surface area contributed by atoms with E-state index in [4.69, 9.17) is 36.0 Å². The van der Waals surface area contributed by atoms with Crippen LogP contribution in [0.2, 0.25) is 6.04 Å². The van der Waals surface area contributed by atoms with Crippen molar-refractivity contribution in [3.8, 4) is 0 Å². The molecular formula is C16H35NO9Si2. The van der Waals surface area contributed by atoms with Crippen molar-refractivity contribution in [3.63, 3.8) is 0 Å². The molecule has 1 aliphatic heterocycles. The van der Waals surface area contributed by atoms with Crippen LogP contribution in [0, 0.1) is 0 Å². The highest BCUT2D eigenvalue weighted by Gasteiger charge is 2.47. The summed E-state index contributed by atoms with van der Waals surface area (Å²) < 4.78 is 41.8. The first-order valence-corrected chi connectivity index (χ1v) is 12.8. The summed E-state index contributed by atoms with van der Waals surface area (Å²) in [5.74, 6) is 0. The van der Waals surface area contributed by atoms with Crippen LogP contribution in [-0.4, -0.2) is 97.9 Å². The van der Waals surface area contributed by atoms with Gasteiger partial charge < -0.3 is 36.0 Å². The van der Waals surface area contributed by atoms with Gasteiger partial charge in [-0.1, -0.05) is 6.92 Å². The summed E-state index contributed by atoms with van der Waals surface area (Å²) in [7, 11) is 4.15. The first-order chi connectivity index (χ1) is 13.5. The third-order valence-corrected chi connectivity index (χ3v) is 10.2. The normalized spacial score (nSPS) is 17.3. The lowest BCUT2D eigenvalue weighted by Crippen LogP contribution is -2.53. The molecule has 0 N–H and O–H groups in total. The Labute approximate surface area is 170 Å². The van der Waals surface area contributed by atoms with Crippen LogP contribution < -0.4 is 0 Å². The summed E-state index contributed by atoms with van der Waals surface area (Å²) in [5.41, 5.74) is -0.370. The van der Waals surface area contributed by atoms with Gasteiger partial charge in [-0.05, 0) is 12.8 Å². The molecule has 1 heterocycles. The Balaban J connectivity index is 0.000000528. The molecule has 1 rings (SSSR count). The SMILES string of the molecule is CCC(N=C=O)[Si](OC)(OC)OC.CO[Si](CCCOCC1CO1)(OC)OC. The third kappa shape index (κ3) is 9.33. The lowest BCUT2D eigenvalue weighted by Gasteiger charge is -2.28. The summed E-state index contributed by atoms with van der Waals surface area (Å²) in [6.45, 7) is 4.11. The highest BCUT2D eigenvalue weighted by atomic mass is 28.4. The molecule has 1 aliphatic rings. The fourth-order valence-corrected chi connectivity index (χ4v) is 6.18. The van der Waals surface area contributed by atoms with E-state index in [0.29, 0.717) is 25.7 Å². The Morgan fingerprint density at radius 2 is 1.57 bits per heavy atom. The van der Waals surface area contributed by atoms with Gasteiger partial charge in [-0.3, -0.25) is 0 Å². The molecular weight excluding hydrogens is 406 g/mol. The minimum absolute atomic E-state index is 0.333. The molecule has 0 aromatic carbocycles. The van der Waals surface area contributed by atoms with E-state index in [2.05, 4.69) is 4.99 Å². The average Bonchev–Trinajstić information content (AvgIpc) is 3.57. The quantitative estimate of drug-likeness (QED) is 0.122. The van der Waals surface area contributed by atoms with Crippen LogP contribution in [-0.2, 0) is 40.8 Å². The molecule has 12 heteroatoms. The Bertz CT molecular complexity index is 423.